The van der Waals surface area contributed by atoms with Crippen LogP contribution in [0.5, 0.6) is 5.75 Å². The predicted octanol–water partition coefficient (Wildman–Crippen LogP) is 4.16. The van der Waals surface area contributed by atoms with E-state index in [1.165, 1.54) is 12.1 Å². The number of methoxy groups -OCH3 is 1. The van der Waals surface area contributed by atoms with Crippen molar-refractivity contribution in [2.45, 2.75) is 26.2 Å². The standard InChI is InChI=1S/C23H26N4O3/c1-16-13-14-27(15-16)19-7-5-18(6-8-19)24-21(28)11-12-22-25-23(26-30-22)17-3-9-20(29-2)10-4-17/h3-10,16H,11-15H2,1-2H3,(H,24,28). The summed E-state index contributed by atoms with van der Waals surface area (Å²) in [6.45, 7) is 4.46. The highest BCUT2D eigenvalue weighted by molar-refractivity contribution is 5.91. The summed E-state index contributed by atoms with van der Waals surface area (Å²) in [6.07, 6.45) is 1.89. The fraction of sp³-hybridized carbons (Fsp3) is 0.348. The van der Waals surface area contributed by atoms with Crippen molar-refractivity contribution in [1.29, 1.82) is 0 Å². The number of anilines is 2. The van der Waals surface area contributed by atoms with Gasteiger partial charge >= 0.3 is 0 Å². The van der Waals surface area contributed by atoms with Gasteiger partial charge < -0.3 is 19.5 Å². The van der Waals surface area contributed by atoms with E-state index in [1.807, 2.05) is 36.4 Å². The van der Waals surface area contributed by atoms with Crippen LogP contribution in [0, 0.1) is 5.92 Å². The fourth-order valence-electron chi connectivity index (χ4n) is 3.58. The van der Waals surface area contributed by atoms with Crippen LogP contribution in [0.3, 0.4) is 0 Å². The Labute approximate surface area is 176 Å². The minimum Gasteiger partial charge on any atom is -0.497 e. The summed E-state index contributed by atoms with van der Waals surface area (Å²) >= 11 is 0. The normalized spacial score (nSPS) is 15.9. The largest absolute Gasteiger partial charge is 0.497 e. The molecule has 3 aromatic rings. The van der Waals surface area contributed by atoms with Gasteiger partial charge in [0.15, 0.2) is 0 Å². The molecule has 1 atom stereocenters. The molecule has 1 saturated heterocycles. The first-order chi connectivity index (χ1) is 14.6. The average molecular weight is 406 g/mol. The maximum absolute atomic E-state index is 12.3. The van der Waals surface area contributed by atoms with Crippen LogP contribution in [0.15, 0.2) is 53.1 Å². The van der Waals surface area contributed by atoms with Crippen molar-refractivity contribution in [3.05, 3.63) is 54.4 Å². The van der Waals surface area contributed by atoms with Crippen LogP contribution >= 0.6 is 0 Å². The Morgan fingerprint density at radius 3 is 2.63 bits per heavy atom. The molecule has 1 aromatic heterocycles. The van der Waals surface area contributed by atoms with Crippen LogP contribution in [-0.2, 0) is 11.2 Å². The van der Waals surface area contributed by atoms with Gasteiger partial charge in [-0.25, -0.2) is 0 Å². The Hall–Kier alpha value is -3.35. The van der Waals surface area contributed by atoms with Crippen molar-refractivity contribution in [2.24, 2.45) is 5.92 Å². The van der Waals surface area contributed by atoms with Gasteiger partial charge in [-0.2, -0.15) is 4.98 Å². The number of ether oxygens (including phenoxy) is 1. The van der Waals surface area contributed by atoms with Crippen molar-refractivity contribution in [3.8, 4) is 17.1 Å². The maximum Gasteiger partial charge on any atom is 0.227 e. The van der Waals surface area contributed by atoms with Crippen LogP contribution < -0.4 is 15.0 Å². The zero-order valence-corrected chi connectivity index (χ0v) is 17.3. The molecule has 2 aromatic carbocycles. The van der Waals surface area contributed by atoms with E-state index in [9.17, 15) is 4.79 Å². The number of rotatable bonds is 7. The Bertz CT molecular complexity index is 982. The Kier molecular flexibility index (Phi) is 5.97. The summed E-state index contributed by atoms with van der Waals surface area (Å²) in [4.78, 5) is 19.0. The van der Waals surface area contributed by atoms with E-state index in [2.05, 4.69) is 39.4 Å². The number of carbonyl (C=O) groups is 1. The quantitative estimate of drug-likeness (QED) is 0.635. The van der Waals surface area contributed by atoms with Crippen LogP contribution in [0.1, 0.15) is 25.7 Å². The molecular formula is C23H26N4O3. The molecule has 0 aliphatic carbocycles. The molecule has 0 bridgehead atoms. The molecule has 1 N–H and O–H groups in total. The van der Waals surface area contributed by atoms with E-state index < -0.39 is 0 Å². The number of aromatic nitrogens is 2. The molecule has 0 saturated carbocycles. The van der Waals surface area contributed by atoms with Gasteiger partial charge in [-0.15, -0.1) is 0 Å². The first-order valence-corrected chi connectivity index (χ1v) is 10.2. The highest BCUT2D eigenvalue weighted by Crippen LogP contribution is 2.25. The predicted molar refractivity (Wildman–Crippen MR) is 116 cm³/mol. The first-order valence-electron chi connectivity index (χ1n) is 10.2. The average Bonchev–Trinajstić information content (AvgIpc) is 3.42. The number of aryl methyl sites for hydroxylation is 1. The fourth-order valence-corrected chi connectivity index (χ4v) is 3.58. The van der Waals surface area contributed by atoms with Crippen LogP contribution in [0.25, 0.3) is 11.4 Å². The van der Waals surface area contributed by atoms with Crippen molar-refractivity contribution in [2.75, 3.05) is 30.4 Å². The van der Waals surface area contributed by atoms with Crippen LogP contribution in [0.2, 0.25) is 0 Å². The second-order valence-corrected chi connectivity index (χ2v) is 7.68. The molecular weight excluding hydrogens is 380 g/mol. The Morgan fingerprint density at radius 1 is 1.20 bits per heavy atom. The molecule has 7 heteroatoms. The highest BCUT2D eigenvalue weighted by atomic mass is 16.5. The van der Waals surface area contributed by atoms with Crippen LogP contribution in [-0.4, -0.2) is 36.2 Å². The first kappa shape index (κ1) is 19.9. The van der Waals surface area contributed by atoms with Crippen molar-refractivity contribution >= 4 is 17.3 Å². The summed E-state index contributed by atoms with van der Waals surface area (Å²) in [5.41, 5.74) is 2.83. The van der Waals surface area contributed by atoms with E-state index in [4.69, 9.17) is 9.26 Å². The number of nitrogens with zero attached hydrogens (tertiary/aromatic N) is 3. The number of hydrogen-bond acceptors (Lipinski definition) is 6. The summed E-state index contributed by atoms with van der Waals surface area (Å²) in [6, 6.07) is 15.4. The highest BCUT2D eigenvalue weighted by Gasteiger charge is 2.18. The molecule has 1 fully saturated rings. The number of nitrogens with one attached hydrogen (secondary N) is 1. The van der Waals surface area contributed by atoms with E-state index >= 15 is 0 Å². The molecule has 156 valence electrons. The lowest BCUT2D eigenvalue weighted by atomic mass is 10.2. The summed E-state index contributed by atoms with van der Waals surface area (Å²) < 4.78 is 10.4. The molecule has 1 aliphatic heterocycles. The monoisotopic (exact) mass is 406 g/mol. The lowest BCUT2D eigenvalue weighted by Gasteiger charge is -2.18. The minimum atomic E-state index is -0.0817. The molecule has 4 rings (SSSR count). The van der Waals surface area contributed by atoms with Gasteiger partial charge in [0.1, 0.15) is 5.75 Å². The minimum absolute atomic E-state index is 0.0817. The molecule has 1 unspecified atom stereocenters. The van der Waals surface area contributed by atoms with Crippen molar-refractivity contribution in [3.63, 3.8) is 0 Å². The molecule has 30 heavy (non-hydrogen) atoms. The molecule has 1 amide bonds. The summed E-state index contributed by atoms with van der Waals surface area (Å²) in [7, 11) is 1.62. The zero-order valence-electron chi connectivity index (χ0n) is 17.3. The van der Waals surface area contributed by atoms with Gasteiger partial charge in [0.25, 0.3) is 0 Å². The molecule has 0 spiro atoms. The zero-order chi connectivity index (χ0) is 20.9. The van der Waals surface area contributed by atoms with Crippen molar-refractivity contribution in [1.82, 2.24) is 10.1 Å². The number of hydrogen-bond donors (Lipinski definition) is 1. The van der Waals surface area contributed by atoms with Crippen molar-refractivity contribution < 1.29 is 14.1 Å². The topological polar surface area (TPSA) is 80.5 Å². The molecule has 0 radical (unpaired) electrons. The van der Waals surface area contributed by atoms with Gasteiger partial charge in [0.2, 0.25) is 17.6 Å². The van der Waals surface area contributed by atoms with E-state index in [-0.39, 0.29) is 12.3 Å². The molecule has 2 heterocycles. The van der Waals surface area contributed by atoms with E-state index in [0.29, 0.717) is 18.1 Å². The smallest absolute Gasteiger partial charge is 0.227 e. The Morgan fingerprint density at radius 2 is 1.97 bits per heavy atom. The second-order valence-electron chi connectivity index (χ2n) is 7.68. The number of benzene rings is 2. The number of amides is 1. The lowest BCUT2D eigenvalue weighted by molar-refractivity contribution is -0.116. The second kappa shape index (κ2) is 8.98. The van der Waals surface area contributed by atoms with Gasteiger partial charge in [0.05, 0.1) is 7.11 Å². The van der Waals surface area contributed by atoms with E-state index in [1.54, 1.807) is 7.11 Å². The maximum atomic E-state index is 12.3. The third kappa shape index (κ3) is 4.79. The van der Waals surface area contributed by atoms with Crippen LogP contribution in [0.4, 0.5) is 11.4 Å². The summed E-state index contributed by atoms with van der Waals surface area (Å²) in [5.74, 6) is 2.36. The lowest BCUT2D eigenvalue weighted by Crippen LogP contribution is -2.19. The molecule has 7 nitrogen and oxygen atoms in total. The SMILES string of the molecule is COc1ccc(-c2noc(CCC(=O)Nc3ccc(N4CCC(C)C4)cc3)n2)cc1. The third-order valence-corrected chi connectivity index (χ3v) is 5.32. The summed E-state index contributed by atoms with van der Waals surface area (Å²) in [5, 5.41) is 6.92. The van der Waals surface area contributed by atoms with Gasteiger partial charge in [0, 0.05) is 42.9 Å². The van der Waals surface area contributed by atoms with Gasteiger partial charge in [-0.1, -0.05) is 12.1 Å². The van der Waals surface area contributed by atoms with Gasteiger partial charge in [-0.3, -0.25) is 4.79 Å². The van der Waals surface area contributed by atoms with E-state index in [0.717, 1.165) is 36.0 Å². The Balaban J connectivity index is 1.28. The van der Waals surface area contributed by atoms with Gasteiger partial charge in [-0.05, 0) is 60.9 Å². The molecule has 1 aliphatic rings. The third-order valence-electron chi connectivity index (χ3n) is 5.32. The number of carbonyl (C=O) groups excluding carboxylic acids is 1.